The lowest BCUT2D eigenvalue weighted by atomic mass is 9.94. The third kappa shape index (κ3) is 4.78. The number of likely N-dealkylation sites (tertiary alicyclic amines) is 1. The molecule has 0 unspecified atom stereocenters. The lowest BCUT2D eigenvalue weighted by Gasteiger charge is -2.25. The van der Waals surface area contributed by atoms with Gasteiger partial charge in [-0.1, -0.05) is 26.0 Å². The van der Waals surface area contributed by atoms with Crippen LogP contribution in [-0.4, -0.2) is 53.7 Å². The maximum atomic E-state index is 13.0. The number of phenolic OH excluding ortho intramolecular Hbond substituents is 1. The summed E-state index contributed by atoms with van der Waals surface area (Å²) in [6.45, 7) is 6.91. The van der Waals surface area contributed by atoms with E-state index in [1.165, 1.54) is 24.1 Å². The molecule has 0 aromatic heterocycles. The second-order valence-corrected chi connectivity index (χ2v) is 8.26. The number of methoxy groups -OCH3 is 1. The first-order valence-electron chi connectivity index (χ1n) is 10.5. The highest BCUT2D eigenvalue weighted by Crippen LogP contribution is 2.40. The average molecular weight is 440 g/mol. The van der Waals surface area contributed by atoms with E-state index in [4.69, 9.17) is 9.47 Å². The minimum absolute atomic E-state index is 0.00995. The number of aliphatic hydroxyl groups is 1. The van der Waals surface area contributed by atoms with Gasteiger partial charge in [-0.2, -0.15) is 0 Å². The monoisotopic (exact) mass is 439 g/mol. The second-order valence-electron chi connectivity index (χ2n) is 8.26. The maximum Gasteiger partial charge on any atom is 0.295 e. The molecule has 0 radical (unpaired) electrons. The number of ether oxygens (including phenoxy) is 2. The molecule has 1 atom stereocenters. The Hall–Kier alpha value is -3.32. The summed E-state index contributed by atoms with van der Waals surface area (Å²) in [6.07, 6.45) is 0. The number of ketones is 1. The number of hydrogen-bond donors (Lipinski definition) is 2. The Balaban J connectivity index is 2.07. The molecule has 0 aliphatic carbocycles. The maximum absolute atomic E-state index is 13.0. The summed E-state index contributed by atoms with van der Waals surface area (Å²) in [6, 6.07) is 10.7. The van der Waals surface area contributed by atoms with Gasteiger partial charge in [0.15, 0.2) is 0 Å². The number of rotatable bonds is 8. The summed E-state index contributed by atoms with van der Waals surface area (Å²) in [5, 5.41) is 20.8. The molecule has 7 heteroatoms. The Morgan fingerprint density at radius 1 is 1.12 bits per heavy atom. The number of carbonyl (C=O) groups is 2. The van der Waals surface area contributed by atoms with Gasteiger partial charge in [-0.25, -0.2) is 0 Å². The molecule has 0 saturated carbocycles. The molecule has 2 aromatic carbocycles. The van der Waals surface area contributed by atoms with Gasteiger partial charge in [0.25, 0.3) is 11.7 Å². The Kier molecular flexibility index (Phi) is 7.20. The fraction of sp³-hybridized carbons (Fsp3) is 0.360. The lowest BCUT2D eigenvalue weighted by Crippen LogP contribution is -2.32. The fourth-order valence-electron chi connectivity index (χ4n) is 3.70. The van der Waals surface area contributed by atoms with E-state index in [1.807, 2.05) is 6.92 Å². The average Bonchev–Trinajstić information content (AvgIpc) is 3.01. The van der Waals surface area contributed by atoms with Crippen molar-refractivity contribution in [1.29, 1.82) is 0 Å². The Bertz CT molecular complexity index is 1030. The molecule has 32 heavy (non-hydrogen) atoms. The highest BCUT2D eigenvalue weighted by atomic mass is 16.5. The number of amides is 1. The molecule has 0 bridgehead atoms. The SMILES string of the molecule is COCCN1C(=O)C(=O)/C(=C(/O)c2ccc(OCC(C)C)cc2C)[C@@H]1c1ccc(O)cc1. The highest BCUT2D eigenvalue weighted by molar-refractivity contribution is 6.46. The van der Waals surface area contributed by atoms with Crippen molar-refractivity contribution in [2.45, 2.75) is 26.8 Å². The molecule has 7 nitrogen and oxygen atoms in total. The predicted octanol–water partition coefficient (Wildman–Crippen LogP) is 3.80. The standard InChI is InChI=1S/C25H29NO6/c1-15(2)14-32-19-9-10-20(16(3)13-19)23(28)21-22(17-5-7-18(27)8-6-17)26(11-12-31-4)25(30)24(21)29/h5-10,13,15,22,27-28H,11-12,14H2,1-4H3/b23-21+/t22-/m0/s1. The number of nitrogens with zero attached hydrogens (tertiary/aromatic N) is 1. The van der Waals surface area contributed by atoms with E-state index in [9.17, 15) is 19.8 Å². The van der Waals surface area contributed by atoms with E-state index in [0.29, 0.717) is 29.4 Å². The van der Waals surface area contributed by atoms with Gasteiger partial charge in [0.2, 0.25) is 0 Å². The van der Waals surface area contributed by atoms with Crippen LogP contribution in [0.2, 0.25) is 0 Å². The number of aromatic hydroxyl groups is 1. The van der Waals surface area contributed by atoms with Gasteiger partial charge in [0.1, 0.15) is 17.3 Å². The van der Waals surface area contributed by atoms with Crippen molar-refractivity contribution in [2.75, 3.05) is 26.9 Å². The lowest BCUT2D eigenvalue weighted by molar-refractivity contribution is -0.140. The summed E-state index contributed by atoms with van der Waals surface area (Å²) >= 11 is 0. The Morgan fingerprint density at radius 3 is 2.41 bits per heavy atom. The van der Waals surface area contributed by atoms with Crippen LogP contribution in [0.15, 0.2) is 48.0 Å². The smallest absolute Gasteiger partial charge is 0.295 e. The van der Waals surface area contributed by atoms with Crippen LogP contribution in [0.5, 0.6) is 11.5 Å². The number of Topliss-reactive ketones (excluding diaryl/α,β-unsaturated/α-hetero) is 1. The van der Waals surface area contributed by atoms with E-state index >= 15 is 0 Å². The van der Waals surface area contributed by atoms with Gasteiger partial charge in [-0.15, -0.1) is 0 Å². The molecule has 170 valence electrons. The molecule has 1 aliphatic rings. The van der Waals surface area contributed by atoms with Crippen LogP contribution in [0.1, 0.15) is 36.6 Å². The number of aliphatic hydroxyl groups excluding tert-OH is 1. The van der Waals surface area contributed by atoms with Gasteiger partial charge in [-0.05, 0) is 54.3 Å². The summed E-state index contributed by atoms with van der Waals surface area (Å²) in [5.74, 6) is -0.586. The fourth-order valence-corrected chi connectivity index (χ4v) is 3.70. The summed E-state index contributed by atoms with van der Waals surface area (Å²) < 4.78 is 10.9. The van der Waals surface area contributed by atoms with Gasteiger partial charge in [0, 0.05) is 19.2 Å². The Morgan fingerprint density at radius 2 is 1.81 bits per heavy atom. The molecular formula is C25H29NO6. The van der Waals surface area contributed by atoms with Gasteiger partial charge in [0.05, 0.1) is 24.8 Å². The molecule has 2 aromatic rings. The predicted molar refractivity (Wildman–Crippen MR) is 121 cm³/mol. The van der Waals surface area contributed by atoms with Crippen molar-refractivity contribution in [3.63, 3.8) is 0 Å². The normalized spacial score (nSPS) is 17.9. The van der Waals surface area contributed by atoms with E-state index < -0.39 is 17.7 Å². The molecule has 1 amide bonds. The summed E-state index contributed by atoms with van der Waals surface area (Å²) in [7, 11) is 1.51. The molecule has 1 fully saturated rings. The van der Waals surface area contributed by atoms with Gasteiger partial charge in [-0.3, -0.25) is 9.59 Å². The van der Waals surface area contributed by atoms with Crippen LogP contribution in [0.25, 0.3) is 5.76 Å². The molecular weight excluding hydrogens is 410 g/mol. The third-order valence-corrected chi connectivity index (χ3v) is 5.32. The van der Waals surface area contributed by atoms with E-state index in [-0.39, 0.29) is 30.2 Å². The van der Waals surface area contributed by atoms with Crippen molar-refractivity contribution in [1.82, 2.24) is 4.90 Å². The van der Waals surface area contributed by atoms with Crippen LogP contribution in [0.3, 0.4) is 0 Å². The molecule has 3 rings (SSSR count). The summed E-state index contributed by atoms with van der Waals surface area (Å²) in [5.41, 5.74) is 1.79. The highest BCUT2D eigenvalue weighted by Gasteiger charge is 2.46. The van der Waals surface area contributed by atoms with Gasteiger partial charge < -0.3 is 24.6 Å². The second kappa shape index (κ2) is 9.87. The van der Waals surface area contributed by atoms with Crippen LogP contribution >= 0.6 is 0 Å². The van der Waals surface area contributed by atoms with Crippen LogP contribution in [0.4, 0.5) is 0 Å². The van der Waals surface area contributed by atoms with Crippen molar-refractivity contribution in [3.8, 4) is 11.5 Å². The minimum Gasteiger partial charge on any atom is -0.508 e. The number of benzene rings is 2. The van der Waals surface area contributed by atoms with Crippen molar-refractivity contribution in [2.24, 2.45) is 5.92 Å². The first-order chi connectivity index (χ1) is 15.2. The zero-order valence-corrected chi connectivity index (χ0v) is 18.8. The molecule has 2 N–H and O–H groups in total. The van der Waals surface area contributed by atoms with Crippen LogP contribution < -0.4 is 4.74 Å². The van der Waals surface area contributed by atoms with E-state index in [1.54, 1.807) is 30.3 Å². The quantitative estimate of drug-likeness (QED) is 0.369. The van der Waals surface area contributed by atoms with Crippen LogP contribution in [0, 0.1) is 12.8 Å². The van der Waals surface area contributed by atoms with Crippen molar-refractivity contribution >= 4 is 17.4 Å². The topological polar surface area (TPSA) is 96.3 Å². The van der Waals surface area contributed by atoms with Crippen LogP contribution in [-0.2, 0) is 14.3 Å². The van der Waals surface area contributed by atoms with E-state index in [2.05, 4.69) is 13.8 Å². The largest absolute Gasteiger partial charge is 0.508 e. The van der Waals surface area contributed by atoms with Gasteiger partial charge >= 0.3 is 0 Å². The zero-order valence-electron chi connectivity index (χ0n) is 18.8. The minimum atomic E-state index is -0.790. The van der Waals surface area contributed by atoms with E-state index in [0.717, 1.165) is 5.56 Å². The third-order valence-electron chi connectivity index (χ3n) is 5.32. The summed E-state index contributed by atoms with van der Waals surface area (Å²) in [4.78, 5) is 27.2. The first kappa shape index (κ1) is 23.3. The number of aryl methyl sites for hydroxylation is 1. The zero-order chi connectivity index (χ0) is 23.4. The van der Waals surface area contributed by atoms with Crippen molar-refractivity contribution in [3.05, 3.63) is 64.7 Å². The molecule has 1 aliphatic heterocycles. The molecule has 1 heterocycles. The number of hydrogen-bond acceptors (Lipinski definition) is 6. The van der Waals surface area contributed by atoms with Crippen molar-refractivity contribution < 1.29 is 29.3 Å². The molecule has 0 spiro atoms. The number of carbonyl (C=O) groups excluding carboxylic acids is 2. The number of phenols is 1. The molecule has 1 saturated heterocycles. The first-order valence-corrected chi connectivity index (χ1v) is 10.5. The Labute approximate surface area is 187 Å².